The van der Waals surface area contributed by atoms with Gasteiger partial charge in [0.05, 0.1) is 16.5 Å². The van der Waals surface area contributed by atoms with Crippen molar-refractivity contribution >= 4 is 11.8 Å². The van der Waals surface area contributed by atoms with Gasteiger partial charge < -0.3 is 0 Å². The summed E-state index contributed by atoms with van der Waals surface area (Å²) in [5.74, 6) is -1.04. The van der Waals surface area contributed by atoms with E-state index in [4.69, 9.17) is 5.26 Å². The third kappa shape index (κ3) is 2.42. The molecule has 1 N–H and O–H groups in total. The molecule has 4 nitrogen and oxygen atoms in total. The van der Waals surface area contributed by atoms with E-state index < -0.39 is 11.6 Å². The largest absolute Gasteiger partial charge is 0.262 e. The van der Waals surface area contributed by atoms with E-state index in [2.05, 4.69) is 15.2 Å². The van der Waals surface area contributed by atoms with Gasteiger partial charge in [0.1, 0.15) is 17.5 Å². The van der Waals surface area contributed by atoms with Crippen LogP contribution >= 0.6 is 11.8 Å². The average Bonchev–Trinajstić information content (AvgIpc) is 2.69. The van der Waals surface area contributed by atoms with E-state index in [1.54, 1.807) is 13.0 Å². The minimum Gasteiger partial charge on any atom is -0.262 e. The van der Waals surface area contributed by atoms with Crippen molar-refractivity contribution in [2.24, 2.45) is 0 Å². The molecule has 0 bridgehead atoms. The number of nitriles is 1. The Bertz CT molecular complexity index is 580. The van der Waals surface area contributed by atoms with Crippen LogP contribution in [0.3, 0.4) is 0 Å². The highest BCUT2D eigenvalue weighted by molar-refractivity contribution is 7.99. The molecule has 0 unspecified atom stereocenters. The number of H-pyrrole nitrogens is 1. The zero-order valence-electron chi connectivity index (χ0n) is 8.66. The van der Waals surface area contributed by atoms with Crippen LogP contribution in [0.25, 0.3) is 0 Å². The van der Waals surface area contributed by atoms with Gasteiger partial charge in [-0.05, 0) is 30.8 Å². The molecule has 86 valence electrons. The van der Waals surface area contributed by atoms with E-state index in [0.717, 1.165) is 23.9 Å². The molecule has 0 aliphatic rings. The Morgan fingerprint density at radius 2 is 2.00 bits per heavy atom. The van der Waals surface area contributed by atoms with Crippen LogP contribution in [0.15, 0.2) is 22.2 Å². The van der Waals surface area contributed by atoms with Crippen LogP contribution in [-0.2, 0) is 0 Å². The quantitative estimate of drug-likeness (QED) is 0.891. The van der Waals surface area contributed by atoms with Crippen molar-refractivity contribution in [1.29, 1.82) is 5.26 Å². The van der Waals surface area contributed by atoms with Crippen molar-refractivity contribution in [1.82, 2.24) is 15.2 Å². The van der Waals surface area contributed by atoms with Gasteiger partial charge in [0.2, 0.25) is 5.16 Å². The van der Waals surface area contributed by atoms with Gasteiger partial charge in [0.25, 0.3) is 0 Å². The highest BCUT2D eigenvalue weighted by Gasteiger charge is 2.14. The van der Waals surface area contributed by atoms with Gasteiger partial charge in [0, 0.05) is 0 Å². The minimum atomic E-state index is -0.797. The lowest BCUT2D eigenvalue weighted by atomic mass is 10.2. The van der Waals surface area contributed by atoms with Crippen LogP contribution in [-0.4, -0.2) is 15.2 Å². The molecule has 0 saturated carbocycles. The molecule has 17 heavy (non-hydrogen) atoms. The Hall–Kier alpha value is -1.94. The van der Waals surface area contributed by atoms with E-state index in [0.29, 0.717) is 5.82 Å². The fraction of sp³-hybridized carbons (Fsp3) is 0.100. The second-order valence-corrected chi connectivity index (χ2v) is 4.16. The molecule has 7 heteroatoms. The summed E-state index contributed by atoms with van der Waals surface area (Å²) in [5.41, 5.74) is -0.0597. The number of hydrogen-bond donors (Lipinski definition) is 1. The van der Waals surface area contributed by atoms with Crippen LogP contribution in [0, 0.1) is 29.9 Å². The van der Waals surface area contributed by atoms with Crippen molar-refractivity contribution in [3.63, 3.8) is 0 Å². The van der Waals surface area contributed by atoms with Gasteiger partial charge in [-0.15, -0.1) is 5.10 Å². The highest BCUT2D eigenvalue weighted by atomic mass is 32.2. The zero-order valence-corrected chi connectivity index (χ0v) is 9.48. The first kappa shape index (κ1) is 11.5. The number of aromatic amines is 1. The smallest absolute Gasteiger partial charge is 0.213 e. The molecule has 0 amide bonds. The minimum absolute atomic E-state index is 0.0597. The number of nitrogens with zero attached hydrogens (tertiary/aromatic N) is 3. The Morgan fingerprint density at radius 1 is 1.35 bits per heavy atom. The molecule has 1 heterocycles. The summed E-state index contributed by atoms with van der Waals surface area (Å²) in [4.78, 5) is 3.71. The predicted octanol–water partition coefficient (Wildman–Crippen LogP) is 2.41. The molecule has 0 atom stereocenters. The number of aromatic nitrogens is 3. The molecular weight excluding hydrogens is 246 g/mol. The van der Waals surface area contributed by atoms with Gasteiger partial charge in [-0.1, -0.05) is 0 Å². The molecule has 0 fully saturated rings. The second-order valence-electron chi connectivity index (χ2n) is 3.19. The van der Waals surface area contributed by atoms with Crippen molar-refractivity contribution in [3.8, 4) is 6.07 Å². The summed E-state index contributed by atoms with van der Waals surface area (Å²) in [6, 6.07) is 3.63. The second kappa shape index (κ2) is 4.51. The van der Waals surface area contributed by atoms with Crippen molar-refractivity contribution in [2.45, 2.75) is 17.0 Å². The molecule has 0 aliphatic heterocycles. The number of halogens is 2. The topological polar surface area (TPSA) is 65.4 Å². The number of benzene rings is 1. The average molecular weight is 252 g/mol. The third-order valence-corrected chi connectivity index (χ3v) is 2.86. The van der Waals surface area contributed by atoms with Crippen LogP contribution in [0.2, 0.25) is 0 Å². The molecule has 2 aromatic rings. The van der Waals surface area contributed by atoms with Gasteiger partial charge in [0.15, 0.2) is 0 Å². The van der Waals surface area contributed by atoms with Crippen LogP contribution in [0.4, 0.5) is 8.78 Å². The van der Waals surface area contributed by atoms with Crippen LogP contribution < -0.4 is 0 Å². The van der Waals surface area contributed by atoms with Gasteiger partial charge >= 0.3 is 0 Å². The van der Waals surface area contributed by atoms with Crippen molar-refractivity contribution < 1.29 is 8.78 Å². The van der Waals surface area contributed by atoms with Crippen molar-refractivity contribution in [3.05, 3.63) is 35.2 Å². The summed E-state index contributed by atoms with van der Waals surface area (Å²) in [7, 11) is 0. The monoisotopic (exact) mass is 252 g/mol. The Morgan fingerprint density at radius 3 is 2.47 bits per heavy atom. The summed E-state index contributed by atoms with van der Waals surface area (Å²) in [6.07, 6.45) is 0. The number of rotatable bonds is 2. The standard InChI is InChI=1S/C10H6F2N4S/c1-5-14-10(16-15-5)17-9-7(11)2-6(4-13)3-8(9)12/h2-3H,1H3,(H,14,15,16). The summed E-state index contributed by atoms with van der Waals surface area (Å²) in [5, 5.41) is 15.1. The zero-order chi connectivity index (χ0) is 12.4. The van der Waals surface area contributed by atoms with Crippen LogP contribution in [0.5, 0.6) is 0 Å². The molecule has 0 aliphatic carbocycles. The SMILES string of the molecule is Cc1nc(Sc2c(F)cc(C#N)cc2F)n[nH]1. The maximum atomic E-state index is 13.5. The number of hydrogen-bond acceptors (Lipinski definition) is 4. The lowest BCUT2D eigenvalue weighted by Crippen LogP contribution is -1.91. The van der Waals surface area contributed by atoms with Gasteiger partial charge in [-0.3, -0.25) is 5.10 Å². The van der Waals surface area contributed by atoms with Gasteiger partial charge in [-0.25, -0.2) is 13.8 Å². The molecule has 1 aromatic carbocycles. The van der Waals surface area contributed by atoms with E-state index in [1.165, 1.54) is 0 Å². The van der Waals surface area contributed by atoms with E-state index in [9.17, 15) is 8.78 Å². The lowest BCUT2D eigenvalue weighted by Gasteiger charge is -2.01. The summed E-state index contributed by atoms with van der Waals surface area (Å²) < 4.78 is 27.0. The maximum absolute atomic E-state index is 13.5. The summed E-state index contributed by atoms with van der Waals surface area (Å²) >= 11 is 0.768. The van der Waals surface area contributed by atoms with E-state index in [1.807, 2.05) is 0 Å². The van der Waals surface area contributed by atoms with E-state index >= 15 is 0 Å². The molecule has 2 rings (SSSR count). The van der Waals surface area contributed by atoms with E-state index in [-0.39, 0.29) is 15.6 Å². The Labute approximate surface area is 99.7 Å². The van der Waals surface area contributed by atoms with Gasteiger partial charge in [-0.2, -0.15) is 5.26 Å². The molecule has 0 spiro atoms. The molecule has 0 radical (unpaired) electrons. The fourth-order valence-electron chi connectivity index (χ4n) is 1.18. The summed E-state index contributed by atoms with van der Waals surface area (Å²) in [6.45, 7) is 1.68. The predicted molar refractivity (Wildman–Crippen MR) is 56.3 cm³/mol. The Kier molecular flexibility index (Phi) is 3.06. The lowest BCUT2D eigenvalue weighted by molar-refractivity contribution is 0.539. The fourth-order valence-corrected chi connectivity index (χ4v) is 1.95. The third-order valence-electron chi connectivity index (χ3n) is 1.90. The number of nitrogens with one attached hydrogen (secondary N) is 1. The maximum Gasteiger partial charge on any atom is 0.213 e. The molecule has 1 aromatic heterocycles. The molecular formula is C10H6F2N4S. The number of aryl methyl sites for hydroxylation is 1. The first-order valence-electron chi connectivity index (χ1n) is 4.56. The van der Waals surface area contributed by atoms with Crippen molar-refractivity contribution in [2.75, 3.05) is 0 Å². The molecule has 0 saturated heterocycles. The first-order valence-corrected chi connectivity index (χ1v) is 5.38. The van der Waals surface area contributed by atoms with Crippen LogP contribution in [0.1, 0.15) is 11.4 Å². The normalized spacial score (nSPS) is 10.2. The highest BCUT2D eigenvalue weighted by Crippen LogP contribution is 2.30. The Balaban J connectivity index is 2.37. The first-order chi connectivity index (χ1) is 8.10.